The predicted octanol–water partition coefficient (Wildman–Crippen LogP) is 1.95. The fourth-order valence-corrected chi connectivity index (χ4v) is 3.52. The molecule has 0 aromatic heterocycles. The van der Waals surface area contributed by atoms with Gasteiger partial charge in [-0.2, -0.15) is 0 Å². The van der Waals surface area contributed by atoms with Crippen LogP contribution < -0.4 is 14.2 Å². The highest BCUT2D eigenvalue weighted by molar-refractivity contribution is 5.65. The van der Waals surface area contributed by atoms with Gasteiger partial charge in [-0.15, -0.1) is 0 Å². The Bertz CT molecular complexity index is 845. The van der Waals surface area contributed by atoms with E-state index >= 15 is 0 Å². The van der Waals surface area contributed by atoms with E-state index in [1.54, 1.807) is 12.1 Å². The monoisotopic (exact) mass is 362 g/mol. The smallest absolute Gasteiger partial charge is 0.131 e. The van der Waals surface area contributed by atoms with E-state index in [2.05, 4.69) is 0 Å². The number of hydrogen-bond donors (Lipinski definition) is 4. The van der Waals surface area contributed by atoms with Gasteiger partial charge in [-0.3, -0.25) is 0 Å². The molecule has 3 unspecified atom stereocenters. The first-order valence-electron chi connectivity index (χ1n) is 8.09. The van der Waals surface area contributed by atoms with Crippen molar-refractivity contribution in [1.82, 2.24) is 0 Å². The van der Waals surface area contributed by atoms with Crippen LogP contribution in [0.4, 0.5) is 0 Å². The number of methoxy groups -OCH3 is 3. The van der Waals surface area contributed by atoms with Crippen molar-refractivity contribution in [1.29, 1.82) is 0 Å². The zero-order valence-corrected chi connectivity index (χ0v) is 15.0. The molecule has 26 heavy (non-hydrogen) atoms. The van der Waals surface area contributed by atoms with Gasteiger partial charge in [0.2, 0.25) is 0 Å². The van der Waals surface area contributed by atoms with Crippen molar-refractivity contribution >= 4 is 0 Å². The normalized spacial score (nSPS) is 19.3. The topological polar surface area (TPSA) is 109 Å². The predicted molar refractivity (Wildman–Crippen MR) is 93.0 cm³/mol. The van der Waals surface area contributed by atoms with Crippen LogP contribution in [0.3, 0.4) is 0 Å². The van der Waals surface area contributed by atoms with Crippen molar-refractivity contribution in [2.45, 2.75) is 25.2 Å². The van der Waals surface area contributed by atoms with E-state index in [0.29, 0.717) is 28.2 Å². The van der Waals surface area contributed by atoms with Crippen molar-refractivity contribution in [3.05, 3.63) is 46.0 Å². The van der Waals surface area contributed by atoms with Crippen LogP contribution in [-0.2, 0) is 0 Å². The molecular weight excluding hydrogens is 340 g/mol. The summed E-state index contributed by atoms with van der Waals surface area (Å²) < 4.78 is 15.8. The third kappa shape index (κ3) is 2.56. The summed E-state index contributed by atoms with van der Waals surface area (Å²) in [4.78, 5) is 0. The average molecular weight is 362 g/mol. The van der Waals surface area contributed by atoms with Crippen molar-refractivity contribution in [2.24, 2.45) is 0 Å². The number of aliphatic hydroxyl groups excluding tert-OH is 3. The number of aromatic hydroxyl groups is 1. The maximum absolute atomic E-state index is 10.9. The summed E-state index contributed by atoms with van der Waals surface area (Å²) in [5, 5.41) is 42.6. The molecular formula is C19H22O7. The minimum atomic E-state index is -1.26. The molecule has 4 N–H and O–H groups in total. The Morgan fingerprint density at radius 3 is 2.00 bits per heavy atom. The number of fused-ring (bicyclic) bond motifs is 2. The number of hydrogen-bond acceptors (Lipinski definition) is 7. The fraction of sp³-hybridized carbons (Fsp3) is 0.368. The summed E-state index contributed by atoms with van der Waals surface area (Å²) in [5.74, 6) is 0.697. The Balaban J connectivity index is 2.33. The van der Waals surface area contributed by atoms with Crippen LogP contribution in [0.25, 0.3) is 0 Å². The number of rotatable bonds is 4. The van der Waals surface area contributed by atoms with E-state index in [-0.39, 0.29) is 22.6 Å². The summed E-state index contributed by atoms with van der Waals surface area (Å²) in [5.41, 5.74) is 1.30. The first-order valence-corrected chi connectivity index (χ1v) is 8.09. The molecule has 0 aliphatic heterocycles. The molecule has 7 heteroatoms. The Hall–Kier alpha value is -2.48. The number of benzene rings is 2. The summed E-state index contributed by atoms with van der Waals surface area (Å²) in [6, 6.07) is 4.72. The molecule has 0 amide bonds. The zero-order chi connectivity index (χ0) is 19.2. The molecule has 2 aromatic carbocycles. The molecule has 0 saturated carbocycles. The van der Waals surface area contributed by atoms with Gasteiger partial charge in [0.15, 0.2) is 0 Å². The first kappa shape index (κ1) is 18.3. The third-order valence-corrected chi connectivity index (χ3v) is 4.75. The van der Waals surface area contributed by atoms with Crippen LogP contribution in [0.1, 0.15) is 53.1 Å². The molecule has 2 aromatic rings. The molecule has 0 radical (unpaired) electrons. The van der Waals surface area contributed by atoms with Gasteiger partial charge in [0.1, 0.15) is 35.2 Å². The van der Waals surface area contributed by atoms with E-state index in [1.165, 1.54) is 34.3 Å². The van der Waals surface area contributed by atoms with E-state index < -0.39 is 18.3 Å². The van der Waals surface area contributed by atoms with Gasteiger partial charge in [-0.05, 0) is 30.2 Å². The SMILES string of the molecule is COc1cc(OC)c2c(c1)C(O)c1cc(OC)c(C(C)O)c(O)c1C2O. The second-order valence-electron chi connectivity index (χ2n) is 6.16. The van der Waals surface area contributed by atoms with E-state index in [1.807, 2.05) is 0 Å². The molecule has 0 spiro atoms. The van der Waals surface area contributed by atoms with Crippen molar-refractivity contribution in [3.63, 3.8) is 0 Å². The first-order chi connectivity index (χ1) is 12.3. The van der Waals surface area contributed by atoms with Gasteiger partial charge in [-0.25, -0.2) is 0 Å². The van der Waals surface area contributed by atoms with Gasteiger partial charge in [-0.1, -0.05) is 0 Å². The Labute approximate surface area is 151 Å². The van der Waals surface area contributed by atoms with Crippen LogP contribution in [-0.4, -0.2) is 41.8 Å². The lowest BCUT2D eigenvalue weighted by atomic mass is 9.79. The summed E-state index contributed by atoms with van der Waals surface area (Å²) in [6.45, 7) is 1.48. The van der Waals surface area contributed by atoms with E-state index in [4.69, 9.17) is 14.2 Å². The molecule has 0 fully saturated rings. The van der Waals surface area contributed by atoms with Crippen molar-refractivity contribution in [2.75, 3.05) is 21.3 Å². The quantitative estimate of drug-likeness (QED) is 0.658. The molecule has 7 nitrogen and oxygen atoms in total. The second-order valence-corrected chi connectivity index (χ2v) is 6.16. The van der Waals surface area contributed by atoms with Crippen LogP contribution >= 0.6 is 0 Å². The summed E-state index contributed by atoms with van der Waals surface area (Å²) in [6.07, 6.45) is -3.43. The molecule has 0 saturated heterocycles. The van der Waals surface area contributed by atoms with E-state index in [0.717, 1.165) is 0 Å². The standard InChI is InChI=1S/C19H22O7/c1-8(20)14-13(26-4)7-11-16(18(14)22)19(23)15-10(17(11)21)5-9(24-2)6-12(15)25-3/h5-8,17,19-23H,1-4H3. The lowest BCUT2D eigenvalue weighted by Crippen LogP contribution is -2.20. The number of aliphatic hydroxyl groups is 3. The number of ether oxygens (including phenoxy) is 3. The largest absolute Gasteiger partial charge is 0.507 e. The molecule has 0 heterocycles. The minimum absolute atomic E-state index is 0.116. The van der Waals surface area contributed by atoms with Crippen molar-refractivity contribution < 1.29 is 34.6 Å². The molecule has 3 rings (SSSR count). The minimum Gasteiger partial charge on any atom is -0.507 e. The Morgan fingerprint density at radius 1 is 0.846 bits per heavy atom. The lowest BCUT2D eigenvalue weighted by Gasteiger charge is -2.32. The number of phenols is 1. The molecule has 1 aliphatic rings. The highest BCUT2D eigenvalue weighted by Crippen LogP contribution is 2.52. The summed E-state index contributed by atoms with van der Waals surface area (Å²) >= 11 is 0. The van der Waals surface area contributed by atoms with Crippen LogP contribution in [0.5, 0.6) is 23.0 Å². The van der Waals surface area contributed by atoms with Crippen LogP contribution in [0.2, 0.25) is 0 Å². The molecule has 140 valence electrons. The van der Waals surface area contributed by atoms with Gasteiger partial charge < -0.3 is 34.6 Å². The molecule has 0 bridgehead atoms. The van der Waals surface area contributed by atoms with E-state index in [9.17, 15) is 20.4 Å². The molecule has 1 aliphatic carbocycles. The maximum atomic E-state index is 10.9. The molecule has 3 atom stereocenters. The maximum Gasteiger partial charge on any atom is 0.131 e. The highest BCUT2D eigenvalue weighted by atomic mass is 16.5. The Kier molecular flexibility index (Phi) is 4.70. The van der Waals surface area contributed by atoms with Gasteiger partial charge in [0.05, 0.1) is 33.0 Å². The zero-order valence-electron chi connectivity index (χ0n) is 15.0. The fourth-order valence-electron chi connectivity index (χ4n) is 3.52. The van der Waals surface area contributed by atoms with Gasteiger partial charge in [0.25, 0.3) is 0 Å². The van der Waals surface area contributed by atoms with Crippen molar-refractivity contribution in [3.8, 4) is 23.0 Å². The lowest BCUT2D eigenvalue weighted by molar-refractivity contribution is 0.160. The second kappa shape index (κ2) is 6.68. The Morgan fingerprint density at radius 2 is 1.46 bits per heavy atom. The number of phenolic OH excluding ortho intramolecular Hbond substituents is 1. The summed E-state index contributed by atoms with van der Waals surface area (Å²) in [7, 11) is 4.34. The van der Waals surface area contributed by atoms with Crippen LogP contribution in [0, 0.1) is 0 Å². The van der Waals surface area contributed by atoms with Gasteiger partial charge >= 0.3 is 0 Å². The highest BCUT2D eigenvalue weighted by Gasteiger charge is 2.38. The third-order valence-electron chi connectivity index (χ3n) is 4.75. The van der Waals surface area contributed by atoms with Crippen LogP contribution in [0.15, 0.2) is 18.2 Å². The average Bonchev–Trinajstić information content (AvgIpc) is 2.63. The van der Waals surface area contributed by atoms with Gasteiger partial charge in [0, 0.05) is 17.2 Å².